The maximum Gasteiger partial charge on any atom is 0.352 e. The molecule has 0 aromatic carbocycles. The lowest BCUT2D eigenvalue weighted by Crippen LogP contribution is -2.48. The van der Waals surface area contributed by atoms with Crippen molar-refractivity contribution in [3.8, 4) is 0 Å². The standard InChI is InChI=1S/C12H18N2O5S/c1-12(17)4-3-5-14(8-12)20(18,19)9-6-10(11(15)16)13(2)7-9/h6-7,17H,3-5,8H2,1-2H3,(H,15,16). The van der Waals surface area contributed by atoms with Crippen molar-refractivity contribution in [3.05, 3.63) is 18.0 Å². The second-order valence-electron chi connectivity index (χ2n) is 5.42. The lowest BCUT2D eigenvalue weighted by molar-refractivity contribution is 0.00939. The van der Waals surface area contributed by atoms with Crippen LogP contribution in [0.2, 0.25) is 0 Å². The topological polar surface area (TPSA) is 99.8 Å². The summed E-state index contributed by atoms with van der Waals surface area (Å²) in [6.07, 6.45) is 2.40. The Balaban J connectivity index is 2.35. The summed E-state index contributed by atoms with van der Waals surface area (Å²) in [6.45, 7) is 1.95. The van der Waals surface area contributed by atoms with Gasteiger partial charge in [-0.05, 0) is 25.8 Å². The van der Waals surface area contributed by atoms with Crippen molar-refractivity contribution in [2.45, 2.75) is 30.3 Å². The van der Waals surface area contributed by atoms with E-state index in [9.17, 15) is 18.3 Å². The molecule has 8 heteroatoms. The lowest BCUT2D eigenvalue weighted by atomic mass is 9.97. The first-order valence-corrected chi connectivity index (χ1v) is 7.70. The highest BCUT2D eigenvalue weighted by Gasteiger charge is 2.36. The Kier molecular flexibility index (Phi) is 3.66. The number of rotatable bonds is 3. The molecule has 1 aromatic heterocycles. The monoisotopic (exact) mass is 302 g/mol. The van der Waals surface area contributed by atoms with Gasteiger partial charge in [-0.2, -0.15) is 4.31 Å². The number of nitrogens with zero attached hydrogens (tertiary/aromatic N) is 2. The molecule has 0 bridgehead atoms. The molecule has 0 spiro atoms. The van der Waals surface area contributed by atoms with Crippen LogP contribution in [0.5, 0.6) is 0 Å². The van der Waals surface area contributed by atoms with Crippen LogP contribution < -0.4 is 0 Å². The number of carbonyl (C=O) groups is 1. The number of carboxylic acids is 1. The number of hydrogen-bond acceptors (Lipinski definition) is 4. The number of aromatic carboxylic acids is 1. The summed E-state index contributed by atoms with van der Waals surface area (Å²) in [5.74, 6) is -1.18. The van der Waals surface area contributed by atoms with Crippen LogP contribution in [0.4, 0.5) is 0 Å². The molecular weight excluding hydrogens is 284 g/mol. The zero-order valence-electron chi connectivity index (χ0n) is 11.4. The minimum absolute atomic E-state index is 0.0205. The fourth-order valence-corrected chi connectivity index (χ4v) is 4.08. The van der Waals surface area contributed by atoms with E-state index in [2.05, 4.69) is 0 Å². The van der Waals surface area contributed by atoms with E-state index in [-0.39, 0.29) is 17.1 Å². The average Bonchev–Trinajstić information content (AvgIpc) is 2.70. The summed E-state index contributed by atoms with van der Waals surface area (Å²) in [6, 6.07) is 1.14. The van der Waals surface area contributed by atoms with Gasteiger partial charge in [0.05, 0.1) is 5.60 Å². The molecule has 0 amide bonds. The smallest absolute Gasteiger partial charge is 0.352 e. The molecule has 1 fully saturated rings. The number of aromatic nitrogens is 1. The minimum Gasteiger partial charge on any atom is -0.477 e. The van der Waals surface area contributed by atoms with Crippen LogP contribution in [-0.2, 0) is 17.1 Å². The van der Waals surface area contributed by atoms with Crippen LogP contribution in [0.15, 0.2) is 17.2 Å². The zero-order chi connectivity index (χ0) is 15.1. The van der Waals surface area contributed by atoms with Crippen molar-refractivity contribution in [1.82, 2.24) is 8.87 Å². The molecular formula is C12H18N2O5S. The molecule has 2 N–H and O–H groups in total. The quantitative estimate of drug-likeness (QED) is 0.834. The second-order valence-corrected chi connectivity index (χ2v) is 7.35. The summed E-state index contributed by atoms with van der Waals surface area (Å²) in [5, 5.41) is 19.0. The molecule has 0 radical (unpaired) electrons. The third-order valence-electron chi connectivity index (χ3n) is 3.48. The van der Waals surface area contributed by atoms with Crippen LogP contribution in [0.1, 0.15) is 30.3 Å². The van der Waals surface area contributed by atoms with Gasteiger partial charge in [-0.3, -0.25) is 0 Å². The first kappa shape index (κ1) is 15.0. The number of carboxylic acid groups (broad SMARTS) is 1. The first-order valence-electron chi connectivity index (χ1n) is 6.26. The fraction of sp³-hybridized carbons (Fsp3) is 0.583. The molecule has 0 saturated carbocycles. The Labute approximate surface area is 117 Å². The van der Waals surface area contributed by atoms with E-state index in [0.29, 0.717) is 19.4 Å². The summed E-state index contributed by atoms with van der Waals surface area (Å²) < 4.78 is 27.4. The van der Waals surface area contributed by atoms with Gasteiger partial charge in [-0.1, -0.05) is 0 Å². The predicted molar refractivity (Wildman–Crippen MR) is 71.0 cm³/mol. The molecule has 0 aliphatic carbocycles. The number of aliphatic hydroxyl groups is 1. The number of aryl methyl sites for hydroxylation is 1. The molecule has 1 aliphatic heterocycles. The van der Waals surface area contributed by atoms with Gasteiger partial charge in [0.15, 0.2) is 0 Å². The Morgan fingerprint density at radius 3 is 2.60 bits per heavy atom. The van der Waals surface area contributed by atoms with E-state index < -0.39 is 21.6 Å². The van der Waals surface area contributed by atoms with Crippen molar-refractivity contribution in [2.24, 2.45) is 7.05 Å². The molecule has 112 valence electrons. The van der Waals surface area contributed by atoms with Gasteiger partial charge in [-0.15, -0.1) is 0 Å². The van der Waals surface area contributed by atoms with Crippen molar-refractivity contribution >= 4 is 16.0 Å². The highest BCUT2D eigenvalue weighted by molar-refractivity contribution is 7.89. The van der Waals surface area contributed by atoms with E-state index in [1.54, 1.807) is 6.92 Å². The van der Waals surface area contributed by atoms with Crippen LogP contribution in [-0.4, -0.2) is 52.2 Å². The van der Waals surface area contributed by atoms with Gasteiger partial charge in [-0.25, -0.2) is 13.2 Å². The molecule has 7 nitrogen and oxygen atoms in total. The Morgan fingerprint density at radius 1 is 1.45 bits per heavy atom. The Hall–Kier alpha value is -1.38. The SMILES string of the molecule is Cn1cc(S(=O)(=O)N2CCCC(C)(O)C2)cc1C(=O)O. The van der Waals surface area contributed by atoms with Gasteiger partial charge >= 0.3 is 5.97 Å². The normalized spacial score (nSPS) is 24.8. The van der Waals surface area contributed by atoms with Gasteiger partial charge in [0.1, 0.15) is 10.6 Å². The van der Waals surface area contributed by atoms with Gasteiger partial charge in [0.25, 0.3) is 0 Å². The Bertz CT molecular complexity index is 632. The maximum atomic E-state index is 12.5. The number of hydrogen-bond donors (Lipinski definition) is 2. The van der Waals surface area contributed by atoms with Crippen LogP contribution in [0, 0.1) is 0 Å². The third kappa shape index (κ3) is 2.72. The average molecular weight is 302 g/mol. The largest absolute Gasteiger partial charge is 0.477 e. The van der Waals surface area contributed by atoms with Crippen molar-refractivity contribution in [3.63, 3.8) is 0 Å². The van der Waals surface area contributed by atoms with Gasteiger partial charge < -0.3 is 14.8 Å². The van der Waals surface area contributed by atoms with Gasteiger partial charge in [0.2, 0.25) is 10.0 Å². The molecule has 1 unspecified atom stereocenters. The van der Waals surface area contributed by atoms with Crippen LogP contribution in [0.3, 0.4) is 0 Å². The molecule has 1 aliphatic rings. The van der Waals surface area contributed by atoms with E-state index in [4.69, 9.17) is 5.11 Å². The third-order valence-corrected chi connectivity index (χ3v) is 5.29. The molecule has 2 rings (SSSR count). The second kappa shape index (κ2) is 4.87. The molecule has 20 heavy (non-hydrogen) atoms. The first-order chi connectivity index (χ1) is 9.13. The van der Waals surface area contributed by atoms with E-state index in [1.165, 1.54) is 22.1 Å². The number of β-amino-alcohol motifs (C(OH)–C–C–N with tert-alkyl or cyclic N) is 1. The molecule has 1 atom stereocenters. The summed E-state index contributed by atoms with van der Waals surface area (Å²) >= 11 is 0. The zero-order valence-corrected chi connectivity index (χ0v) is 12.2. The molecule has 1 aromatic rings. The molecule has 2 heterocycles. The minimum atomic E-state index is -3.78. The van der Waals surface area contributed by atoms with Crippen molar-refractivity contribution in [1.29, 1.82) is 0 Å². The van der Waals surface area contributed by atoms with Crippen LogP contribution in [0.25, 0.3) is 0 Å². The highest BCUT2D eigenvalue weighted by atomic mass is 32.2. The summed E-state index contributed by atoms with van der Waals surface area (Å²) in [4.78, 5) is 10.9. The van der Waals surface area contributed by atoms with E-state index in [1.807, 2.05) is 0 Å². The lowest BCUT2D eigenvalue weighted by Gasteiger charge is -2.35. The predicted octanol–water partition coefficient (Wildman–Crippen LogP) is 0.259. The van der Waals surface area contributed by atoms with E-state index >= 15 is 0 Å². The maximum absolute atomic E-state index is 12.5. The van der Waals surface area contributed by atoms with Crippen molar-refractivity contribution in [2.75, 3.05) is 13.1 Å². The van der Waals surface area contributed by atoms with Crippen LogP contribution >= 0.6 is 0 Å². The fourth-order valence-electron chi connectivity index (χ4n) is 2.42. The Morgan fingerprint density at radius 2 is 2.10 bits per heavy atom. The summed E-state index contributed by atoms with van der Waals surface area (Å²) in [5.41, 5.74) is -1.14. The van der Waals surface area contributed by atoms with Gasteiger partial charge in [0, 0.05) is 26.3 Å². The van der Waals surface area contributed by atoms with E-state index in [0.717, 1.165) is 6.07 Å². The highest BCUT2D eigenvalue weighted by Crippen LogP contribution is 2.26. The molecule has 1 saturated heterocycles. The summed E-state index contributed by atoms with van der Waals surface area (Å²) in [7, 11) is -2.30. The number of piperidine rings is 1. The van der Waals surface area contributed by atoms with Crippen molar-refractivity contribution < 1.29 is 23.4 Å². The number of sulfonamides is 1.